The van der Waals surface area contributed by atoms with Crippen LogP contribution >= 0.6 is 11.6 Å². The minimum absolute atomic E-state index is 0.232. The van der Waals surface area contributed by atoms with Crippen LogP contribution in [0.4, 0.5) is 4.79 Å². The Morgan fingerprint density at radius 2 is 1.80 bits per heavy atom. The number of carbonyl (C=O) groups excluding carboxylic acids is 2. The minimum atomic E-state index is -0.753. The normalized spacial score (nSPS) is 23.1. The maximum Gasteiger partial charge on any atom is 0.411 e. The van der Waals surface area contributed by atoms with Crippen molar-refractivity contribution in [2.75, 3.05) is 20.7 Å². The van der Waals surface area contributed by atoms with Crippen molar-refractivity contribution in [1.29, 1.82) is 0 Å². The van der Waals surface area contributed by atoms with Gasteiger partial charge in [-0.25, -0.2) is 9.59 Å². The average molecular weight is 571 g/mol. The van der Waals surface area contributed by atoms with Crippen molar-refractivity contribution in [2.45, 2.75) is 89.5 Å². The van der Waals surface area contributed by atoms with Crippen molar-refractivity contribution in [1.82, 2.24) is 10.2 Å². The summed E-state index contributed by atoms with van der Waals surface area (Å²) in [7, 11) is 3.32. The lowest BCUT2D eigenvalue weighted by Crippen LogP contribution is -2.44. The second-order valence-electron chi connectivity index (χ2n) is 12.1. The number of hydrogen-bond acceptors (Lipinski definition) is 6. The molecule has 1 heterocycles. The first kappa shape index (κ1) is 30.2. The summed E-state index contributed by atoms with van der Waals surface area (Å²) in [6, 6.07) is 13.9. The van der Waals surface area contributed by atoms with Crippen LogP contribution in [0.3, 0.4) is 0 Å². The summed E-state index contributed by atoms with van der Waals surface area (Å²) in [6.07, 6.45) is 5.07. The number of rotatable bonds is 8. The average Bonchev–Trinajstić information content (AvgIpc) is 3.32. The molecule has 1 aliphatic heterocycles. The molecule has 1 saturated heterocycles. The molecular formula is C32H43ClN2O5. The Morgan fingerprint density at radius 1 is 1.07 bits per heavy atom. The zero-order valence-corrected chi connectivity index (χ0v) is 25.1. The number of esters is 1. The molecule has 2 aromatic carbocycles. The number of amides is 1. The number of ether oxygens (including phenoxy) is 3. The molecule has 8 heteroatoms. The first-order valence-electron chi connectivity index (χ1n) is 14.3. The lowest BCUT2D eigenvalue weighted by Gasteiger charge is -2.30. The standard InChI is InChI=1S/C32H43ClN2O5/c1-32(2,3)40-31(37)35-20-27(18-29(35)30(36)38-5)39-26-16-22(15-25(33)17-26)14-21-10-12-23(13-11-21)28-9-7-6-8-24(28)19-34-4/h6-9,15-17,21,23,27,29,34H,10-14,18-20H2,1-5H3/t21-,23-,27-,29-/m0/s1. The Balaban J connectivity index is 1.38. The summed E-state index contributed by atoms with van der Waals surface area (Å²) in [5, 5.41) is 3.92. The first-order valence-corrected chi connectivity index (χ1v) is 14.7. The molecule has 2 aliphatic rings. The fraction of sp³-hybridized carbons (Fsp3) is 0.562. The molecule has 1 amide bonds. The lowest BCUT2D eigenvalue weighted by molar-refractivity contribution is -0.145. The van der Waals surface area contributed by atoms with Crippen molar-refractivity contribution < 1.29 is 23.8 Å². The van der Waals surface area contributed by atoms with Gasteiger partial charge in [0.25, 0.3) is 0 Å². The number of benzene rings is 2. The predicted molar refractivity (Wildman–Crippen MR) is 157 cm³/mol. The SMILES string of the molecule is CNCc1ccccc1[C@H]1CC[C@H](Cc2cc(Cl)cc(O[C@H]3C[C@@H](C(=O)OC)N(C(=O)OC(C)(C)C)C3)c2)CC1. The highest BCUT2D eigenvalue weighted by Crippen LogP contribution is 2.39. The maximum atomic E-state index is 12.8. The first-order chi connectivity index (χ1) is 19.1. The Labute approximate surface area is 243 Å². The van der Waals surface area contributed by atoms with E-state index >= 15 is 0 Å². The van der Waals surface area contributed by atoms with Gasteiger partial charge in [0.05, 0.1) is 13.7 Å². The molecule has 2 fully saturated rings. The number of halogens is 1. The molecule has 218 valence electrons. The van der Waals surface area contributed by atoms with Crippen LogP contribution in [0, 0.1) is 5.92 Å². The number of nitrogens with one attached hydrogen (secondary N) is 1. The maximum absolute atomic E-state index is 12.8. The van der Waals surface area contributed by atoms with Crippen molar-refractivity contribution in [2.24, 2.45) is 5.92 Å². The molecule has 4 rings (SSSR count). The van der Waals surface area contributed by atoms with Gasteiger partial charge in [-0.1, -0.05) is 35.9 Å². The monoisotopic (exact) mass is 570 g/mol. The van der Waals surface area contributed by atoms with E-state index < -0.39 is 23.7 Å². The molecule has 7 nitrogen and oxygen atoms in total. The van der Waals surface area contributed by atoms with Gasteiger partial charge in [-0.15, -0.1) is 0 Å². The molecule has 40 heavy (non-hydrogen) atoms. The van der Waals surface area contributed by atoms with Crippen molar-refractivity contribution in [3.05, 3.63) is 64.2 Å². The Morgan fingerprint density at radius 3 is 2.48 bits per heavy atom. The Bertz CT molecular complexity index is 1170. The van der Waals surface area contributed by atoms with Crippen LogP contribution < -0.4 is 10.1 Å². The fourth-order valence-corrected chi connectivity index (χ4v) is 6.31. The second-order valence-corrected chi connectivity index (χ2v) is 12.5. The Kier molecular flexibility index (Phi) is 10.0. The highest BCUT2D eigenvalue weighted by molar-refractivity contribution is 6.30. The van der Waals surface area contributed by atoms with Gasteiger partial charge >= 0.3 is 12.1 Å². The molecule has 0 spiro atoms. The molecule has 0 aromatic heterocycles. The zero-order valence-electron chi connectivity index (χ0n) is 24.4. The fourth-order valence-electron chi connectivity index (χ4n) is 6.06. The Hall–Kier alpha value is -2.77. The number of carbonyl (C=O) groups is 2. The number of hydrogen-bond donors (Lipinski definition) is 1. The summed E-state index contributed by atoms with van der Waals surface area (Å²) in [5.41, 5.74) is 3.36. The van der Waals surface area contributed by atoms with Crippen LogP contribution in [-0.4, -0.2) is 55.4 Å². The highest BCUT2D eigenvalue weighted by atomic mass is 35.5. The van der Waals surface area contributed by atoms with Gasteiger partial charge in [-0.05, 0) is 107 Å². The molecule has 2 atom stereocenters. The van der Waals surface area contributed by atoms with Crippen LogP contribution in [0.25, 0.3) is 0 Å². The van der Waals surface area contributed by atoms with Crippen LogP contribution in [0.2, 0.25) is 5.02 Å². The molecular weight excluding hydrogens is 528 g/mol. The van der Waals surface area contributed by atoms with Gasteiger partial charge in [-0.2, -0.15) is 0 Å². The van der Waals surface area contributed by atoms with Gasteiger partial charge in [0.2, 0.25) is 0 Å². The number of likely N-dealkylation sites (tertiary alicyclic amines) is 1. The van der Waals surface area contributed by atoms with E-state index in [1.807, 2.05) is 19.2 Å². The lowest BCUT2D eigenvalue weighted by atomic mass is 9.75. The summed E-state index contributed by atoms with van der Waals surface area (Å²) in [6.45, 7) is 6.52. The third-order valence-corrected chi connectivity index (χ3v) is 8.05. The van der Waals surface area contributed by atoms with Crippen LogP contribution in [-0.2, 0) is 27.2 Å². The van der Waals surface area contributed by atoms with Crippen LogP contribution in [0.1, 0.15) is 75.5 Å². The molecule has 1 aliphatic carbocycles. The predicted octanol–water partition coefficient (Wildman–Crippen LogP) is 6.51. The van der Waals surface area contributed by atoms with Gasteiger partial charge in [-0.3, -0.25) is 4.90 Å². The molecule has 1 N–H and O–H groups in total. The topological polar surface area (TPSA) is 77.1 Å². The van der Waals surface area contributed by atoms with E-state index in [9.17, 15) is 9.59 Å². The summed E-state index contributed by atoms with van der Waals surface area (Å²) in [4.78, 5) is 26.6. The second kappa shape index (κ2) is 13.3. The van der Waals surface area contributed by atoms with E-state index in [0.29, 0.717) is 29.0 Å². The summed E-state index contributed by atoms with van der Waals surface area (Å²) >= 11 is 6.51. The molecule has 1 saturated carbocycles. The summed E-state index contributed by atoms with van der Waals surface area (Å²) < 4.78 is 16.8. The van der Waals surface area contributed by atoms with Gasteiger partial charge < -0.3 is 19.5 Å². The van der Waals surface area contributed by atoms with Crippen molar-refractivity contribution in [3.8, 4) is 5.75 Å². The van der Waals surface area contributed by atoms with E-state index in [-0.39, 0.29) is 12.6 Å². The van der Waals surface area contributed by atoms with Gasteiger partial charge in [0, 0.05) is 18.0 Å². The number of nitrogens with zero attached hydrogens (tertiary/aromatic N) is 1. The number of methoxy groups -OCH3 is 1. The van der Waals surface area contributed by atoms with E-state index in [4.69, 9.17) is 25.8 Å². The van der Waals surface area contributed by atoms with E-state index in [0.717, 1.165) is 18.5 Å². The molecule has 2 aromatic rings. The van der Waals surface area contributed by atoms with Crippen molar-refractivity contribution >= 4 is 23.7 Å². The minimum Gasteiger partial charge on any atom is -0.488 e. The van der Waals surface area contributed by atoms with E-state index in [1.54, 1.807) is 26.8 Å². The third-order valence-electron chi connectivity index (χ3n) is 7.83. The summed E-state index contributed by atoms with van der Waals surface area (Å²) in [5.74, 6) is 1.37. The zero-order chi connectivity index (χ0) is 28.9. The third kappa shape index (κ3) is 7.91. The molecule has 0 radical (unpaired) electrons. The highest BCUT2D eigenvalue weighted by Gasteiger charge is 2.43. The van der Waals surface area contributed by atoms with Crippen LogP contribution in [0.5, 0.6) is 5.75 Å². The van der Waals surface area contributed by atoms with Gasteiger partial charge in [0.1, 0.15) is 23.5 Å². The smallest absolute Gasteiger partial charge is 0.411 e. The van der Waals surface area contributed by atoms with E-state index in [2.05, 4.69) is 29.6 Å². The molecule has 0 unspecified atom stereocenters. The quantitative estimate of drug-likeness (QED) is 0.365. The van der Waals surface area contributed by atoms with Crippen molar-refractivity contribution in [3.63, 3.8) is 0 Å². The molecule has 0 bridgehead atoms. The van der Waals surface area contributed by atoms with Crippen LogP contribution in [0.15, 0.2) is 42.5 Å². The van der Waals surface area contributed by atoms with Gasteiger partial charge in [0.15, 0.2) is 0 Å². The van der Waals surface area contributed by atoms with E-state index in [1.165, 1.54) is 48.8 Å². The largest absolute Gasteiger partial charge is 0.488 e.